The standard InChI is InChI=1S/C10H18N4O2/c1-3-4-8(11)5-9(15)12-6-10-13-7(2)14-16-10/h8H,3-6,11H2,1-2H3,(H,12,15). The molecule has 0 bridgehead atoms. The fraction of sp³-hybridized carbons (Fsp3) is 0.700. The molecular formula is C10H18N4O2. The molecular weight excluding hydrogens is 208 g/mol. The summed E-state index contributed by atoms with van der Waals surface area (Å²) in [6, 6.07) is -0.0746. The van der Waals surface area contributed by atoms with Gasteiger partial charge in [0.2, 0.25) is 11.8 Å². The van der Waals surface area contributed by atoms with Crippen molar-refractivity contribution in [3.05, 3.63) is 11.7 Å². The molecule has 0 saturated carbocycles. The SMILES string of the molecule is CCCC(N)CC(=O)NCc1nc(C)no1. The lowest BCUT2D eigenvalue weighted by atomic mass is 10.1. The summed E-state index contributed by atoms with van der Waals surface area (Å²) in [5.41, 5.74) is 5.75. The van der Waals surface area contributed by atoms with Crippen molar-refractivity contribution in [2.24, 2.45) is 5.73 Å². The van der Waals surface area contributed by atoms with Gasteiger partial charge in [0, 0.05) is 12.5 Å². The number of aromatic nitrogens is 2. The summed E-state index contributed by atoms with van der Waals surface area (Å²) in [6.07, 6.45) is 2.17. The third-order valence-electron chi connectivity index (χ3n) is 2.11. The fourth-order valence-electron chi connectivity index (χ4n) is 1.37. The van der Waals surface area contributed by atoms with Gasteiger partial charge in [-0.25, -0.2) is 0 Å². The number of rotatable bonds is 6. The maximum atomic E-state index is 11.4. The van der Waals surface area contributed by atoms with E-state index >= 15 is 0 Å². The summed E-state index contributed by atoms with van der Waals surface area (Å²) >= 11 is 0. The van der Waals surface area contributed by atoms with Crippen LogP contribution in [0.1, 0.15) is 37.9 Å². The number of carbonyl (C=O) groups is 1. The normalized spacial score (nSPS) is 12.4. The van der Waals surface area contributed by atoms with Gasteiger partial charge in [0.1, 0.15) is 0 Å². The van der Waals surface area contributed by atoms with Gasteiger partial charge in [0.05, 0.1) is 6.54 Å². The minimum absolute atomic E-state index is 0.0746. The Bertz CT molecular complexity index is 337. The molecule has 0 saturated heterocycles. The number of nitrogens with one attached hydrogen (secondary N) is 1. The molecule has 0 aliphatic carbocycles. The lowest BCUT2D eigenvalue weighted by Gasteiger charge is -2.09. The van der Waals surface area contributed by atoms with Crippen LogP contribution in [0.15, 0.2) is 4.52 Å². The molecule has 0 fully saturated rings. The van der Waals surface area contributed by atoms with Crippen LogP contribution in [0.3, 0.4) is 0 Å². The highest BCUT2D eigenvalue weighted by molar-refractivity contribution is 5.76. The van der Waals surface area contributed by atoms with Crippen LogP contribution >= 0.6 is 0 Å². The van der Waals surface area contributed by atoms with Crippen LogP contribution in [0.2, 0.25) is 0 Å². The number of hydrogen-bond acceptors (Lipinski definition) is 5. The predicted octanol–water partition coefficient (Wildman–Crippen LogP) is 0.512. The van der Waals surface area contributed by atoms with E-state index in [4.69, 9.17) is 10.3 Å². The molecule has 1 aromatic heterocycles. The van der Waals surface area contributed by atoms with Crippen molar-refractivity contribution in [3.8, 4) is 0 Å². The second-order valence-electron chi connectivity index (χ2n) is 3.76. The molecule has 90 valence electrons. The number of carbonyl (C=O) groups excluding carboxylic acids is 1. The smallest absolute Gasteiger partial charge is 0.246 e. The van der Waals surface area contributed by atoms with Crippen LogP contribution in [-0.2, 0) is 11.3 Å². The summed E-state index contributed by atoms with van der Waals surface area (Å²) in [5.74, 6) is 0.888. The quantitative estimate of drug-likeness (QED) is 0.737. The Balaban J connectivity index is 2.25. The summed E-state index contributed by atoms with van der Waals surface area (Å²) in [6.45, 7) is 4.03. The molecule has 1 aromatic rings. The van der Waals surface area contributed by atoms with Crippen LogP contribution in [0.4, 0.5) is 0 Å². The molecule has 0 spiro atoms. The summed E-state index contributed by atoms with van der Waals surface area (Å²) < 4.78 is 4.86. The molecule has 16 heavy (non-hydrogen) atoms. The molecule has 0 radical (unpaired) electrons. The van der Waals surface area contributed by atoms with Crippen LogP contribution in [0, 0.1) is 6.92 Å². The van der Waals surface area contributed by atoms with Crippen molar-refractivity contribution in [1.82, 2.24) is 15.5 Å². The highest BCUT2D eigenvalue weighted by atomic mass is 16.5. The van der Waals surface area contributed by atoms with Gasteiger partial charge in [-0.3, -0.25) is 4.79 Å². The monoisotopic (exact) mass is 226 g/mol. The second kappa shape index (κ2) is 6.22. The Hall–Kier alpha value is -1.43. The zero-order valence-corrected chi connectivity index (χ0v) is 9.69. The van der Waals surface area contributed by atoms with E-state index in [0.29, 0.717) is 18.1 Å². The average Bonchev–Trinajstić information content (AvgIpc) is 2.61. The molecule has 1 atom stereocenters. The van der Waals surface area contributed by atoms with E-state index in [0.717, 1.165) is 12.8 Å². The number of nitrogens with two attached hydrogens (primary N) is 1. The molecule has 0 aromatic carbocycles. The third kappa shape index (κ3) is 4.39. The van der Waals surface area contributed by atoms with Crippen molar-refractivity contribution in [2.45, 2.75) is 45.7 Å². The first kappa shape index (κ1) is 12.6. The number of nitrogens with zero attached hydrogens (tertiary/aromatic N) is 2. The first-order valence-corrected chi connectivity index (χ1v) is 5.43. The first-order valence-electron chi connectivity index (χ1n) is 5.43. The van der Waals surface area contributed by atoms with Crippen LogP contribution in [0.25, 0.3) is 0 Å². The van der Waals surface area contributed by atoms with E-state index in [1.807, 2.05) is 6.92 Å². The van der Waals surface area contributed by atoms with E-state index in [1.165, 1.54) is 0 Å². The minimum atomic E-state index is -0.0863. The number of hydrogen-bond donors (Lipinski definition) is 2. The van der Waals surface area contributed by atoms with E-state index in [-0.39, 0.29) is 18.5 Å². The number of aryl methyl sites for hydroxylation is 1. The van der Waals surface area contributed by atoms with Crippen molar-refractivity contribution in [2.75, 3.05) is 0 Å². The summed E-state index contributed by atoms with van der Waals surface area (Å²) in [5, 5.41) is 6.31. The molecule has 1 amide bonds. The highest BCUT2D eigenvalue weighted by Gasteiger charge is 2.09. The molecule has 6 nitrogen and oxygen atoms in total. The maximum absolute atomic E-state index is 11.4. The van der Waals surface area contributed by atoms with Gasteiger partial charge in [-0.05, 0) is 13.3 Å². The predicted molar refractivity (Wildman–Crippen MR) is 58.4 cm³/mol. The Kier molecular flexibility index (Phi) is 4.91. The van der Waals surface area contributed by atoms with Crippen molar-refractivity contribution >= 4 is 5.91 Å². The van der Waals surface area contributed by atoms with Gasteiger partial charge in [0.25, 0.3) is 0 Å². The molecule has 1 rings (SSSR count). The van der Waals surface area contributed by atoms with Gasteiger partial charge in [-0.2, -0.15) is 4.98 Å². The zero-order valence-electron chi connectivity index (χ0n) is 9.69. The van der Waals surface area contributed by atoms with Crippen molar-refractivity contribution < 1.29 is 9.32 Å². The Morgan fingerprint density at radius 2 is 2.38 bits per heavy atom. The van der Waals surface area contributed by atoms with E-state index in [1.54, 1.807) is 6.92 Å². The molecule has 0 aliphatic rings. The molecule has 3 N–H and O–H groups in total. The minimum Gasteiger partial charge on any atom is -0.347 e. The fourth-order valence-corrected chi connectivity index (χ4v) is 1.37. The first-order chi connectivity index (χ1) is 7.61. The van der Waals surface area contributed by atoms with E-state index < -0.39 is 0 Å². The van der Waals surface area contributed by atoms with Gasteiger partial charge < -0.3 is 15.6 Å². The average molecular weight is 226 g/mol. The summed E-state index contributed by atoms with van der Waals surface area (Å²) in [4.78, 5) is 15.4. The lowest BCUT2D eigenvalue weighted by Crippen LogP contribution is -2.31. The van der Waals surface area contributed by atoms with Crippen molar-refractivity contribution in [1.29, 1.82) is 0 Å². The highest BCUT2D eigenvalue weighted by Crippen LogP contribution is 1.99. The Morgan fingerprint density at radius 1 is 1.62 bits per heavy atom. The largest absolute Gasteiger partial charge is 0.347 e. The molecule has 1 heterocycles. The van der Waals surface area contributed by atoms with E-state index in [9.17, 15) is 4.79 Å². The topological polar surface area (TPSA) is 94.0 Å². The van der Waals surface area contributed by atoms with Gasteiger partial charge in [-0.1, -0.05) is 18.5 Å². The van der Waals surface area contributed by atoms with Gasteiger partial charge in [-0.15, -0.1) is 0 Å². The summed E-state index contributed by atoms with van der Waals surface area (Å²) in [7, 11) is 0. The third-order valence-corrected chi connectivity index (χ3v) is 2.11. The Labute approximate surface area is 94.6 Å². The van der Waals surface area contributed by atoms with Gasteiger partial charge in [0.15, 0.2) is 5.82 Å². The molecule has 6 heteroatoms. The van der Waals surface area contributed by atoms with Crippen LogP contribution in [0.5, 0.6) is 0 Å². The van der Waals surface area contributed by atoms with Gasteiger partial charge >= 0.3 is 0 Å². The zero-order chi connectivity index (χ0) is 12.0. The second-order valence-corrected chi connectivity index (χ2v) is 3.76. The molecule has 0 aliphatic heterocycles. The van der Waals surface area contributed by atoms with Crippen molar-refractivity contribution in [3.63, 3.8) is 0 Å². The molecule has 1 unspecified atom stereocenters. The van der Waals surface area contributed by atoms with Crippen LogP contribution in [-0.4, -0.2) is 22.1 Å². The number of amides is 1. The lowest BCUT2D eigenvalue weighted by molar-refractivity contribution is -0.121. The van der Waals surface area contributed by atoms with Crippen LogP contribution < -0.4 is 11.1 Å². The maximum Gasteiger partial charge on any atom is 0.246 e. The van der Waals surface area contributed by atoms with E-state index in [2.05, 4.69) is 15.5 Å². The Morgan fingerprint density at radius 3 is 2.94 bits per heavy atom.